The van der Waals surface area contributed by atoms with Crippen molar-refractivity contribution in [2.75, 3.05) is 11.9 Å². The van der Waals surface area contributed by atoms with Crippen molar-refractivity contribution in [3.63, 3.8) is 0 Å². The van der Waals surface area contributed by atoms with Gasteiger partial charge < -0.3 is 9.74 Å². The maximum atomic E-state index is 7.10. The molecule has 0 spiro atoms. The minimum Gasteiger partial charge on any atom is -0.403 e. The van der Waals surface area contributed by atoms with Gasteiger partial charge in [-0.1, -0.05) is 99.6 Å². The number of para-hydroxylation sites is 1. The molecule has 4 rings (SSSR count). The van der Waals surface area contributed by atoms with Crippen LogP contribution in [0, 0.1) is 11.3 Å². The Kier molecular flexibility index (Phi) is 5.88. The number of anilines is 1. The molecule has 3 heteroatoms. The minimum absolute atomic E-state index is 0.0537. The summed E-state index contributed by atoms with van der Waals surface area (Å²) in [4.78, 5) is 0. The fraction of sp³-hybridized carbons (Fsp3) is 0.308. The Balaban J connectivity index is 1.66. The van der Waals surface area contributed by atoms with Gasteiger partial charge in [0.15, 0.2) is 0 Å². The third kappa shape index (κ3) is 4.63. The van der Waals surface area contributed by atoms with E-state index in [0.29, 0.717) is 5.92 Å². The highest BCUT2D eigenvalue weighted by molar-refractivity contribution is 6.80. The normalized spacial score (nSPS) is 17.4. The molecular weight excluding hydrogens is 370 g/mol. The zero-order valence-electron chi connectivity index (χ0n) is 17.6. The third-order valence-corrected chi connectivity index (χ3v) is 7.86. The summed E-state index contributed by atoms with van der Waals surface area (Å²) in [6.07, 6.45) is 1.22. The van der Waals surface area contributed by atoms with Crippen molar-refractivity contribution in [3.05, 3.63) is 90.5 Å². The molecule has 1 N–H and O–H groups in total. The van der Waals surface area contributed by atoms with Crippen molar-refractivity contribution < 1.29 is 4.43 Å². The molecule has 0 fully saturated rings. The fourth-order valence-electron chi connectivity index (χ4n) is 4.27. The summed E-state index contributed by atoms with van der Waals surface area (Å²) >= 11 is 0. The van der Waals surface area contributed by atoms with E-state index in [9.17, 15) is 0 Å². The number of benzene rings is 3. The van der Waals surface area contributed by atoms with Gasteiger partial charge in [0.2, 0.25) is 0 Å². The van der Waals surface area contributed by atoms with Crippen LogP contribution in [0.15, 0.2) is 84.9 Å². The van der Waals surface area contributed by atoms with Gasteiger partial charge in [0.1, 0.15) is 0 Å². The first-order valence-electron chi connectivity index (χ1n) is 10.5. The van der Waals surface area contributed by atoms with E-state index in [1.54, 1.807) is 0 Å². The molecule has 2 nitrogen and oxygen atoms in total. The molecule has 149 valence electrons. The number of fused-ring (bicyclic) bond motifs is 1. The van der Waals surface area contributed by atoms with E-state index in [4.69, 9.17) is 4.43 Å². The molecule has 1 aliphatic rings. The van der Waals surface area contributed by atoms with Crippen LogP contribution in [0.4, 0.5) is 5.69 Å². The van der Waals surface area contributed by atoms with Crippen LogP contribution in [0.1, 0.15) is 26.3 Å². The molecule has 1 aliphatic heterocycles. The summed E-state index contributed by atoms with van der Waals surface area (Å²) in [5, 5.41) is 6.26. The molecular formula is C26H30NOSi. The van der Waals surface area contributed by atoms with Crippen molar-refractivity contribution in [1.29, 1.82) is 0 Å². The lowest BCUT2D eigenvalue weighted by Crippen LogP contribution is -2.53. The summed E-state index contributed by atoms with van der Waals surface area (Å²) in [7, 11) is -1.33. The SMILES string of the molecule is CC(C)(C)C(O[Si](c1ccccc1)c1ccccc1)C1CNc2ccccc2C1. The molecule has 1 heterocycles. The molecule has 0 saturated carbocycles. The molecule has 3 aromatic rings. The minimum atomic E-state index is -1.33. The van der Waals surface area contributed by atoms with E-state index in [1.165, 1.54) is 21.6 Å². The highest BCUT2D eigenvalue weighted by Gasteiger charge is 2.38. The van der Waals surface area contributed by atoms with Crippen molar-refractivity contribution in [2.45, 2.75) is 33.3 Å². The molecule has 0 amide bonds. The average Bonchev–Trinajstić information content (AvgIpc) is 2.74. The van der Waals surface area contributed by atoms with Crippen molar-refractivity contribution >= 4 is 25.1 Å². The molecule has 0 aromatic heterocycles. The summed E-state index contributed by atoms with van der Waals surface area (Å²) in [6, 6.07) is 30.2. The van der Waals surface area contributed by atoms with Crippen molar-refractivity contribution in [3.8, 4) is 0 Å². The highest BCUT2D eigenvalue weighted by Crippen LogP contribution is 2.35. The lowest BCUT2D eigenvalue weighted by molar-refractivity contribution is 0.0389. The Labute approximate surface area is 176 Å². The second kappa shape index (κ2) is 8.56. The highest BCUT2D eigenvalue weighted by atomic mass is 28.3. The Morgan fingerprint density at radius 3 is 1.97 bits per heavy atom. The Morgan fingerprint density at radius 1 is 0.828 bits per heavy atom. The second-order valence-electron chi connectivity index (χ2n) is 8.97. The van der Waals surface area contributed by atoms with Gasteiger partial charge in [0.25, 0.3) is 9.04 Å². The van der Waals surface area contributed by atoms with Gasteiger partial charge in [0, 0.05) is 18.2 Å². The largest absolute Gasteiger partial charge is 0.403 e. The summed E-state index contributed by atoms with van der Waals surface area (Å²) < 4.78 is 7.10. The standard InChI is InChI=1S/C26H30NOSi/c1-26(2,3)25(21-18-20-12-10-11-17-24(20)27-19-21)28-29(22-13-6-4-7-14-22)23-15-8-5-9-16-23/h4-17,21,25,27H,18-19H2,1-3H3. The van der Waals surface area contributed by atoms with Gasteiger partial charge in [0.05, 0.1) is 6.10 Å². The number of hydrogen-bond donors (Lipinski definition) is 1. The van der Waals surface area contributed by atoms with Crippen LogP contribution in [0.25, 0.3) is 0 Å². The predicted molar refractivity (Wildman–Crippen MR) is 124 cm³/mol. The van der Waals surface area contributed by atoms with Gasteiger partial charge in [-0.3, -0.25) is 0 Å². The lowest BCUT2D eigenvalue weighted by atomic mass is 9.77. The van der Waals surface area contributed by atoms with Crippen molar-refractivity contribution in [1.82, 2.24) is 0 Å². The third-order valence-electron chi connectivity index (χ3n) is 5.65. The van der Waals surface area contributed by atoms with Crippen LogP contribution in [0.3, 0.4) is 0 Å². The van der Waals surface area contributed by atoms with Crippen LogP contribution in [-0.2, 0) is 10.8 Å². The lowest BCUT2D eigenvalue weighted by Gasteiger charge is -2.41. The zero-order valence-corrected chi connectivity index (χ0v) is 18.6. The molecule has 2 unspecified atom stereocenters. The molecule has 2 atom stereocenters. The van der Waals surface area contributed by atoms with E-state index in [1.807, 2.05) is 0 Å². The summed E-state index contributed by atoms with van der Waals surface area (Å²) in [5.74, 6) is 0.442. The first kappa shape index (κ1) is 19.9. The predicted octanol–water partition coefficient (Wildman–Crippen LogP) is 4.51. The zero-order chi connectivity index (χ0) is 20.3. The Morgan fingerprint density at radius 2 is 1.38 bits per heavy atom. The van der Waals surface area contributed by atoms with Gasteiger partial charge in [-0.2, -0.15) is 0 Å². The van der Waals surface area contributed by atoms with Crippen LogP contribution in [-0.4, -0.2) is 21.7 Å². The van der Waals surface area contributed by atoms with Crippen LogP contribution < -0.4 is 15.7 Å². The topological polar surface area (TPSA) is 21.3 Å². The number of nitrogens with one attached hydrogen (secondary N) is 1. The first-order valence-corrected chi connectivity index (χ1v) is 11.9. The maximum Gasteiger partial charge on any atom is 0.283 e. The molecule has 3 aromatic carbocycles. The van der Waals surface area contributed by atoms with Crippen LogP contribution in [0.5, 0.6) is 0 Å². The molecule has 29 heavy (non-hydrogen) atoms. The van der Waals surface area contributed by atoms with E-state index in [2.05, 4.69) is 111 Å². The number of rotatable bonds is 5. The van der Waals surface area contributed by atoms with Crippen LogP contribution >= 0.6 is 0 Å². The molecule has 1 radical (unpaired) electrons. The van der Waals surface area contributed by atoms with Crippen LogP contribution in [0.2, 0.25) is 0 Å². The molecule has 0 aliphatic carbocycles. The molecule has 0 saturated heterocycles. The Hall–Kier alpha value is -2.36. The van der Waals surface area contributed by atoms with Gasteiger partial charge >= 0.3 is 0 Å². The van der Waals surface area contributed by atoms with Gasteiger partial charge in [-0.15, -0.1) is 0 Å². The second-order valence-corrected chi connectivity index (χ2v) is 11.0. The number of hydrogen-bond acceptors (Lipinski definition) is 2. The van der Waals surface area contributed by atoms with E-state index >= 15 is 0 Å². The van der Waals surface area contributed by atoms with E-state index in [-0.39, 0.29) is 11.5 Å². The van der Waals surface area contributed by atoms with Gasteiger partial charge in [-0.05, 0) is 33.8 Å². The van der Waals surface area contributed by atoms with Crippen molar-refractivity contribution in [2.24, 2.45) is 11.3 Å². The van der Waals surface area contributed by atoms with E-state index in [0.717, 1.165) is 13.0 Å². The fourth-order valence-corrected chi connectivity index (χ4v) is 6.67. The van der Waals surface area contributed by atoms with E-state index < -0.39 is 9.04 Å². The Bertz CT molecular complexity index is 881. The summed E-state index contributed by atoms with van der Waals surface area (Å²) in [6.45, 7) is 7.90. The van der Waals surface area contributed by atoms with Gasteiger partial charge in [-0.25, -0.2) is 0 Å². The smallest absolute Gasteiger partial charge is 0.283 e. The monoisotopic (exact) mass is 400 g/mol. The maximum absolute atomic E-state index is 7.10. The average molecular weight is 401 g/mol. The quantitative estimate of drug-likeness (QED) is 0.637. The molecule has 0 bridgehead atoms. The summed E-state index contributed by atoms with van der Waals surface area (Å²) in [5.41, 5.74) is 2.72. The first-order chi connectivity index (χ1) is 14.0.